The van der Waals surface area contributed by atoms with Gasteiger partial charge in [0.2, 0.25) is 0 Å². The molecule has 9 heteroatoms. The lowest BCUT2D eigenvalue weighted by Crippen LogP contribution is -2.45. The number of ether oxygens (including phenoxy) is 2. The van der Waals surface area contributed by atoms with Gasteiger partial charge < -0.3 is 19.7 Å². The number of carbonyl (C=O) groups is 1. The molecular weight excluding hydrogens is 375 g/mol. The second kappa shape index (κ2) is 7.40. The lowest BCUT2D eigenvalue weighted by molar-refractivity contribution is -0.169. The second-order valence-electron chi connectivity index (χ2n) is 6.68. The molecule has 2 fully saturated rings. The highest BCUT2D eigenvalue weighted by atomic mass is 19.2. The number of hydrogen-bond donors (Lipinski definition) is 1. The standard InChI is InChI=1S/C19H18F3N3O3/c20-14-3-2-13(16(21)17(14)22)18(26)24-12-1-4-15(23-11-12)25-7-5-19(6-8-25)27-9-10-28-19/h1-4,11H,5-10H2,(H,24,26). The van der Waals surface area contributed by atoms with Crippen molar-refractivity contribution in [2.75, 3.05) is 36.5 Å². The second-order valence-corrected chi connectivity index (χ2v) is 6.68. The molecule has 0 radical (unpaired) electrons. The van der Waals surface area contributed by atoms with Crippen molar-refractivity contribution in [2.45, 2.75) is 18.6 Å². The Balaban J connectivity index is 1.40. The van der Waals surface area contributed by atoms with Crippen molar-refractivity contribution in [3.8, 4) is 0 Å². The largest absolute Gasteiger partial charge is 0.356 e. The lowest BCUT2D eigenvalue weighted by Gasteiger charge is -2.38. The monoisotopic (exact) mass is 393 g/mol. The summed E-state index contributed by atoms with van der Waals surface area (Å²) in [4.78, 5) is 18.5. The molecule has 1 aromatic carbocycles. The Hall–Kier alpha value is -2.65. The fourth-order valence-electron chi connectivity index (χ4n) is 3.41. The summed E-state index contributed by atoms with van der Waals surface area (Å²) in [6.07, 6.45) is 2.91. The summed E-state index contributed by atoms with van der Waals surface area (Å²) in [5.74, 6) is -5.19. The molecule has 0 saturated carbocycles. The maximum Gasteiger partial charge on any atom is 0.258 e. The minimum atomic E-state index is -1.68. The molecule has 3 heterocycles. The minimum absolute atomic E-state index is 0.314. The number of nitrogens with zero attached hydrogens (tertiary/aromatic N) is 2. The quantitative estimate of drug-likeness (QED) is 0.812. The molecule has 0 aliphatic carbocycles. The lowest BCUT2D eigenvalue weighted by atomic mass is 10.0. The number of benzene rings is 1. The molecule has 1 N–H and O–H groups in total. The van der Waals surface area contributed by atoms with Gasteiger partial charge in [-0.3, -0.25) is 4.79 Å². The maximum absolute atomic E-state index is 13.7. The average Bonchev–Trinajstić information content (AvgIpc) is 3.15. The molecule has 4 rings (SSSR count). The van der Waals surface area contributed by atoms with Crippen LogP contribution in [0.4, 0.5) is 24.7 Å². The molecular formula is C19H18F3N3O3. The van der Waals surface area contributed by atoms with Crippen LogP contribution in [0.3, 0.4) is 0 Å². The molecule has 0 atom stereocenters. The zero-order valence-corrected chi connectivity index (χ0v) is 14.9. The van der Waals surface area contributed by atoms with Gasteiger partial charge in [0, 0.05) is 25.9 Å². The summed E-state index contributed by atoms with van der Waals surface area (Å²) in [5, 5.41) is 2.43. The smallest absolute Gasteiger partial charge is 0.258 e. The SMILES string of the molecule is O=C(Nc1ccc(N2CCC3(CC2)OCCO3)nc1)c1ccc(F)c(F)c1F. The number of pyridine rings is 1. The number of aromatic nitrogens is 1. The average molecular weight is 393 g/mol. The van der Waals surface area contributed by atoms with Crippen LogP contribution in [0.15, 0.2) is 30.5 Å². The van der Waals surface area contributed by atoms with E-state index < -0.39 is 34.7 Å². The minimum Gasteiger partial charge on any atom is -0.356 e. The van der Waals surface area contributed by atoms with Crippen LogP contribution in [0.2, 0.25) is 0 Å². The summed E-state index contributed by atoms with van der Waals surface area (Å²) in [7, 11) is 0. The van der Waals surface area contributed by atoms with Gasteiger partial charge in [-0.15, -0.1) is 0 Å². The van der Waals surface area contributed by atoms with Crippen LogP contribution in [-0.4, -0.2) is 43.0 Å². The Morgan fingerprint density at radius 2 is 1.75 bits per heavy atom. The van der Waals surface area contributed by atoms with Crippen LogP contribution >= 0.6 is 0 Å². The van der Waals surface area contributed by atoms with E-state index in [9.17, 15) is 18.0 Å². The topological polar surface area (TPSA) is 63.7 Å². The first kappa shape index (κ1) is 18.7. The molecule has 2 aliphatic heterocycles. The maximum atomic E-state index is 13.7. The molecule has 2 aliphatic rings. The third-order valence-corrected chi connectivity index (χ3v) is 4.95. The molecule has 1 spiro atoms. The predicted molar refractivity (Wildman–Crippen MR) is 94.6 cm³/mol. The molecule has 0 bridgehead atoms. The number of piperidine rings is 1. The van der Waals surface area contributed by atoms with Crippen LogP contribution in [0.1, 0.15) is 23.2 Å². The van der Waals surface area contributed by atoms with Gasteiger partial charge in [0.25, 0.3) is 5.91 Å². The fourth-order valence-corrected chi connectivity index (χ4v) is 3.41. The molecule has 2 aromatic rings. The number of rotatable bonds is 3. The summed E-state index contributed by atoms with van der Waals surface area (Å²) in [6, 6.07) is 4.94. The molecule has 2 saturated heterocycles. The Bertz CT molecular complexity index is 876. The van der Waals surface area contributed by atoms with E-state index in [1.807, 2.05) is 0 Å². The summed E-state index contributed by atoms with van der Waals surface area (Å²) in [5.41, 5.74) is -0.269. The van der Waals surface area contributed by atoms with E-state index in [2.05, 4.69) is 15.2 Å². The van der Waals surface area contributed by atoms with Crippen LogP contribution in [0.5, 0.6) is 0 Å². The van der Waals surface area contributed by atoms with E-state index in [4.69, 9.17) is 9.47 Å². The predicted octanol–water partition coefficient (Wildman–Crippen LogP) is 3.09. The van der Waals surface area contributed by atoms with E-state index in [0.29, 0.717) is 25.0 Å². The number of anilines is 2. The van der Waals surface area contributed by atoms with Gasteiger partial charge in [-0.05, 0) is 24.3 Å². The summed E-state index contributed by atoms with van der Waals surface area (Å²) in [6.45, 7) is 2.67. The number of hydrogen-bond acceptors (Lipinski definition) is 5. The van der Waals surface area contributed by atoms with Crippen LogP contribution in [0, 0.1) is 17.5 Å². The van der Waals surface area contributed by atoms with Gasteiger partial charge in [0.1, 0.15) is 5.82 Å². The van der Waals surface area contributed by atoms with Crippen molar-refractivity contribution >= 4 is 17.4 Å². The molecule has 1 aromatic heterocycles. The Morgan fingerprint density at radius 3 is 2.39 bits per heavy atom. The van der Waals surface area contributed by atoms with Gasteiger partial charge in [0.15, 0.2) is 23.2 Å². The molecule has 6 nitrogen and oxygen atoms in total. The van der Waals surface area contributed by atoms with Crippen LogP contribution < -0.4 is 10.2 Å². The molecule has 148 valence electrons. The van der Waals surface area contributed by atoms with Gasteiger partial charge in [-0.1, -0.05) is 0 Å². The van der Waals surface area contributed by atoms with Crippen molar-refractivity contribution in [3.63, 3.8) is 0 Å². The van der Waals surface area contributed by atoms with E-state index in [1.54, 1.807) is 12.1 Å². The van der Waals surface area contributed by atoms with Crippen LogP contribution in [-0.2, 0) is 9.47 Å². The number of nitrogens with one attached hydrogen (secondary N) is 1. The zero-order valence-electron chi connectivity index (χ0n) is 14.9. The summed E-state index contributed by atoms with van der Waals surface area (Å²) >= 11 is 0. The van der Waals surface area contributed by atoms with Crippen molar-refractivity contribution in [2.24, 2.45) is 0 Å². The Labute approximate surface area is 159 Å². The van der Waals surface area contributed by atoms with Crippen molar-refractivity contribution in [1.82, 2.24) is 4.98 Å². The van der Waals surface area contributed by atoms with Crippen molar-refractivity contribution in [1.29, 1.82) is 0 Å². The third-order valence-electron chi connectivity index (χ3n) is 4.95. The van der Waals surface area contributed by atoms with Gasteiger partial charge in [-0.2, -0.15) is 0 Å². The van der Waals surface area contributed by atoms with E-state index in [-0.39, 0.29) is 0 Å². The molecule has 0 unspecified atom stereocenters. The van der Waals surface area contributed by atoms with Crippen LogP contribution in [0.25, 0.3) is 0 Å². The number of carbonyl (C=O) groups excluding carboxylic acids is 1. The summed E-state index contributed by atoms with van der Waals surface area (Å²) < 4.78 is 51.4. The highest BCUT2D eigenvalue weighted by Gasteiger charge is 2.40. The third kappa shape index (κ3) is 3.55. The Kier molecular flexibility index (Phi) is 4.94. The molecule has 1 amide bonds. The fraction of sp³-hybridized carbons (Fsp3) is 0.368. The first-order valence-corrected chi connectivity index (χ1v) is 8.91. The zero-order chi connectivity index (χ0) is 19.7. The van der Waals surface area contributed by atoms with Gasteiger partial charge in [-0.25, -0.2) is 18.2 Å². The van der Waals surface area contributed by atoms with Gasteiger partial charge in [0.05, 0.1) is 30.7 Å². The first-order chi connectivity index (χ1) is 13.5. The van der Waals surface area contributed by atoms with E-state index in [1.165, 1.54) is 6.20 Å². The molecule has 28 heavy (non-hydrogen) atoms. The highest BCUT2D eigenvalue weighted by Crippen LogP contribution is 2.32. The Morgan fingerprint density at radius 1 is 1.04 bits per heavy atom. The van der Waals surface area contributed by atoms with E-state index in [0.717, 1.165) is 37.8 Å². The number of halogens is 3. The highest BCUT2D eigenvalue weighted by molar-refractivity contribution is 6.04. The van der Waals surface area contributed by atoms with E-state index >= 15 is 0 Å². The van der Waals surface area contributed by atoms with Gasteiger partial charge >= 0.3 is 0 Å². The first-order valence-electron chi connectivity index (χ1n) is 8.91. The van der Waals surface area contributed by atoms with Crippen molar-refractivity contribution < 1.29 is 27.4 Å². The normalized spacial score (nSPS) is 18.5. The number of amides is 1. The van der Waals surface area contributed by atoms with Crippen molar-refractivity contribution in [3.05, 3.63) is 53.5 Å².